The van der Waals surface area contributed by atoms with E-state index in [1.807, 2.05) is 39.1 Å². The average Bonchev–Trinajstić information content (AvgIpc) is 2.73. The quantitative estimate of drug-likeness (QED) is 0.786. The van der Waals surface area contributed by atoms with Crippen LogP contribution in [0.5, 0.6) is 5.75 Å². The second kappa shape index (κ2) is 6.27. The average molecular weight is 275 g/mol. The van der Waals surface area contributed by atoms with Gasteiger partial charge in [0.2, 0.25) is 0 Å². The Bertz CT molecular complexity index is 564. The minimum Gasteiger partial charge on any atom is -0.491 e. The van der Waals surface area contributed by atoms with Crippen molar-refractivity contribution in [2.75, 3.05) is 17.6 Å². The normalized spacial score (nSPS) is 10.8. The number of rotatable bonds is 6. The largest absolute Gasteiger partial charge is 0.491 e. The zero-order chi connectivity index (χ0) is 14.5. The number of nitrogens with zero attached hydrogens (tertiary/aromatic N) is 3. The van der Waals surface area contributed by atoms with Gasteiger partial charge in [-0.2, -0.15) is 5.10 Å². The highest BCUT2D eigenvalue weighted by molar-refractivity contribution is 5.59. The van der Waals surface area contributed by atoms with Gasteiger partial charge in [-0.3, -0.25) is 4.68 Å². The van der Waals surface area contributed by atoms with Gasteiger partial charge in [0.25, 0.3) is 0 Å². The number of nitrogens with two attached hydrogens (primary N) is 1. The number of nitrogen functional groups attached to an aromatic ring is 1. The van der Waals surface area contributed by atoms with E-state index in [0.717, 1.165) is 30.2 Å². The molecule has 20 heavy (non-hydrogen) atoms. The molecule has 0 saturated carbocycles. The van der Waals surface area contributed by atoms with E-state index in [9.17, 15) is 0 Å². The lowest BCUT2D eigenvalue weighted by atomic mass is 10.2. The van der Waals surface area contributed by atoms with E-state index in [2.05, 4.69) is 15.4 Å². The summed E-state index contributed by atoms with van der Waals surface area (Å²) in [5.74, 6) is 1.60. The fourth-order valence-corrected chi connectivity index (χ4v) is 1.88. The van der Waals surface area contributed by atoms with Gasteiger partial charge in [0.15, 0.2) is 5.82 Å². The fraction of sp³-hybridized carbons (Fsp3) is 0.429. The molecule has 0 spiro atoms. The van der Waals surface area contributed by atoms with Gasteiger partial charge >= 0.3 is 0 Å². The molecule has 6 heteroatoms. The standard InChI is InChI=1S/C14H21N5O/c1-10(2)20-13-7-11(15)6-12(8-13)16-5-4-14-17-9-19(3)18-14/h6-10,16H,4-5,15H2,1-3H3. The first-order valence-corrected chi connectivity index (χ1v) is 6.68. The first-order valence-electron chi connectivity index (χ1n) is 6.68. The van der Waals surface area contributed by atoms with E-state index in [0.29, 0.717) is 5.69 Å². The zero-order valence-electron chi connectivity index (χ0n) is 12.1. The number of benzene rings is 1. The highest BCUT2D eigenvalue weighted by Crippen LogP contribution is 2.23. The maximum absolute atomic E-state index is 5.87. The van der Waals surface area contributed by atoms with Crippen LogP contribution in [-0.4, -0.2) is 27.4 Å². The molecule has 1 aromatic heterocycles. The molecule has 1 aromatic carbocycles. The molecule has 0 aliphatic carbocycles. The van der Waals surface area contributed by atoms with Gasteiger partial charge in [0, 0.05) is 43.5 Å². The molecular weight excluding hydrogens is 254 g/mol. The molecule has 2 rings (SSSR count). The number of aromatic nitrogens is 3. The summed E-state index contributed by atoms with van der Waals surface area (Å²) in [7, 11) is 1.86. The van der Waals surface area contributed by atoms with Crippen LogP contribution < -0.4 is 15.8 Å². The van der Waals surface area contributed by atoms with Gasteiger partial charge < -0.3 is 15.8 Å². The van der Waals surface area contributed by atoms with Crippen molar-refractivity contribution in [3.63, 3.8) is 0 Å². The SMILES string of the molecule is CC(C)Oc1cc(N)cc(NCCc2ncn(C)n2)c1. The first-order chi connectivity index (χ1) is 9.52. The maximum atomic E-state index is 5.87. The highest BCUT2D eigenvalue weighted by Gasteiger charge is 2.03. The molecule has 6 nitrogen and oxygen atoms in total. The molecule has 0 radical (unpaired) electrons. The zero-order valence-corrected chi connectivity index (χ0v) is 12.1. The number of ether oxygens (including phenoxy) is 1. The van der Waals surface area contributed by atoms with Crippen molar-refractivity contribution in [3.8, 4) is 5.75 Å². The molecule has 0 aliphatic heterocycles. The minimum absolute atomic E-state index is 0.127. The molecule has 2 aromatic rings. The van der Waals surface area contributed by atoms with Gasteiger partial charge in [-0.05, 0) is 19.9 Å². The Kier molecular flexibility index (Phi) is 4.45. The Morgan fingerprint density at radius 2 is 2.15 bits per heavy atom. The van der Waals surface area contributed by atoms with Gasteiger partial charge in [0.05, 0.1) is 6.10 Å². The van der Waals surface area contributed by atoms with Gasteiger partial charge in [-0.25, -0.2) is 4.98 Å². The summed E-state index contributed by atoms with van der Waals surface area (Å²) >= 11 is 0. The van der Waals surface area contributed by atoms with Gasteiger partial charge in [-0.15, -0.1) is 0 Å². The Morgan fingerprint density at radius 1 is 1.35 bits per heavy atom. The monoisotopic (exact) mass is 275 g/mol. The van der Waals surface area contributed by atoms with Crippen LogP contribution in [-0.2, 0) is 13.5 Å². The molecule has 3 N–H and O–H groups in total. The molecule has 0 amide bonds. The second-order valence-corrected chi connectivity index (χ2v) is 4.97. The number of hydrogen-bond donors (Lipinski definition) is 2. The number of anilines is 2. The lowest BCUT2D eigenvalue weighted by Crippen LogP contribution is -2.09. The Morgan fingerprint density at radius 3 is 2.80 bits per heavy atom. The third-order valence-electron chi connectivity index (χ3n) is 2.63. The lowest BCUT2D eigenvalue weighted by Gasteiger charge is -2.13. The molecule has 0 saturated heterocycles. The summed E-state index contributed by atoms with van der Waals surface area (Å²) in [4.78, 5) is 4.18. The van der Waals surface area contributed by atoms with Gasteiger partial charge in [0.1, 0.15) is 12.1 Å². The van der Waals surface area contributed by atoms with Crippen molar-refractivity contribution in [1.29, 1.82) is 0 Å². The van der Waals surface area contributed by atoms with Crippen molar-refractivity contribution in [1.82, 2.24) is 14.8 Å². The second-order valence-electron chi connectivity index (χ2n) is 4.97. The summed E-state index contributed by atoms with van der Waals surface area (Å²) in [6.45, 7) is 4.72. The molecule has 108 valence electrons. The van der Waals surface area contributed by atoms with Crippen LogP contribution in [0.25, 0.3) is 0 Å². The smallest absolute Gasteiger partial charge is 0.152 e. The van der Waals surface area contributed by atoms with Crippen molar-refractivity contribution in [2.45, 2.75) is 26.4 Å². The highest BCUT2D eigenvalue weighted by atomic mass is 16.5. The van der Waals surface area contributed by atoms with Crippen LogP contribution in [0, 0.1) is 0 Å². The minimum atomic E-state index is 0.127. The van der Waals surface area contributed by atoms with Gasteiger partial charge in [-0.1, -0.05) is 0 Å². The summed E-state index contributed by atoms with van der Waals surface area (Å²) in [5.41, 5.74) is 7.50. The fourth-order valence-electron chi connectivity index (χ4n) is 1.88. The Balaban J connectivity index is 1.93. The van der Waals surface area contributed by atoms with Crippen LogP contribution in [0.15, 0.2) is 24.5 Å². The van der Waals surface area contributed by atoms with E-state index in [4.69, 9.17) is 10.5 Å². The Labute approximate surface area is 119 Å². The molecule has 0 aliphatic rings. The van der Waals surface area contributed by atoms with E-state index in [1.54, 1.807) is 11.0 Å². The molecule has 0 fully saturated rings. The van der Waals surface area contributed by atoms with Crippen molar-refractivity contribution in [3.05, 3.63) is 30.4 Å². The van der Waals surface area contributed by atoms with E-state index in [-0.39, 0.29) is 6.10 Å². The molecule has 0 unspecified atom stereocenters. The topological polar surface area (TPSA) is 78.0 Å². The van der Waals surface area contributed by atoms with E-state index in [1.165, 1.54) is 0 Å². The molecular formula is C14H21N5O. The number of hydrogen-bond acceptors (Lipinski definition) is 5. The van der Waals surface area contributed by atoms with Crippen molar-refractivity contribution >= 4 is 11.4 Å². The lowest BCUT2D eigenvalue weighted by molar-refractivity contribution is 0.242. The van der Waals surface area contributed by atoms with Crippen LogP contribution in [0.2, 0.25) is 0 Å². The first kappa shape index (κ1) is 14.2. The third kappa shape index (κ3) is 4.15. The summed E-state index contributed by atoms with van der Waals surface area (Å²) in [5, 5.41) is 7.54. The maximum Gasteiger partial charge on any atom is 0.152 e. The number of aryl methyl sites for hydroxylation is 1. The summed E-state index contributed by atoms with van der Waals surface area (Å²) in [6.07, 6.45) is 2.59. The van der Waals surface area contributed by atoms with Crippen molar-refractivity contribution < 1.29 is 4.74 Å². The summed E-state index contributed by atoms with van der Waals surface area (Å²) in [6, 6.07) is 5.66. The predicted molar refractivity (Wildman–Crippen MR) is 79.8 cm³/mol. The van der Waals surface area contributed by atoms with Crippen LogP contribution in [0.4, 0.5) is 11.4 Å². The van der Waals surface area contributed by atoms with Crippen LogP contribution in [0.3, 0.4) is 0 Å². The number of nitrogens with one attached hydrogen (secondary N) is 1. The van der Waals surface area contributed by atoms with Crippen LogP contribution >= 0.6 is 0 Å². The van der Waals surface area contributed by atoms with Crippen LogP contribution in [0.1, 0.15) is 19.7 Å². The van der Waals surface area contributed by atoms with E-state index >= 15 is 0 Å². The Hall–Kier alpha value is -2.24. The molecule has 0 bridgehead atoms. The third-order valence-corrected chi connectivity index (χ3v) is 2.63. The van der Waals surface area contributed by atoms with E-state index < -0.39 is 0 Å². The molecule has 0 atom stereocenters. The predicted octanol–water partition coefficient (Wildman–Crippen LogP) is 1.84. The summed E-state index contributed by atoms with van der Waals surface area (Å²) < 4.78 is 7.35. The molecule has 1 heterocycles. The van der Waals surface area contributed by atoms with Crippen molar-refractivity contribution in [2.24, 2.45) is 7.05 Å².